The third kappa shape index (κ3) is 3.73. The lowest BCUT2D eigenvalue weighted by Crippen LogP contribution is -2.34. The molecule has 4 rings (SSSR count). The summed E-state index contributed by atoms with van der Waals surface area (Å²) < 4.78 is 5.78. The third-order valence-electron chi connectivity index (χ3n) is 5.20. The van der Waals surface area contributed by atoms with Crippen molar-refractivity contribution in [2.45, 2.75) is 44.3 Å². The molecule has 0 unspecified atom stereocenters. The largest absolute Gasteiger partial charge is 0.424 e. The molecule has 2 fully saturated rings. The highest BCUT2D eigenvalue weighted by Gasteiger charge is 2.30. The molecule has 1 saturated heterocycles. The Hall–Kier alpha value is -2.23. The zero-order valence-electron chi connectivity index (χ0n) is 14.6. The van der Waals surface area contributed by atoms with E-state index in [4.69, 9.17) is 4.42 Å². The minimum atomic E-state index is 0.477. The molecule has 2 heterocycles. The molecule has 1 aliphatic carbocycles. The summed E-state index contributed by atoms with van der Waals surface area (Å²) in [4.78, 5) is 4.72. The molecule has 0 amide bonds. The van der Waals surface area contributed by atoms with Gasteiger partial charge in [0.1, 0.15) is 0 Å². The molecule has 6 nitrogen and oxygen atoms in total. The second-order valence-corrected chi connectivity index (χ2v) is 7.17. The predicted octanol–water partition coefficient (Wildman–Crippen LogP) is 2.52. The van der Waals surface area contributed by atoms with Gasteiger partial charge >= 0.3 is 0 Å². The predicted molar refractivity (Wildman–Crippen MR) is 92.6 cm³/mol. The zero-order valence-corrected chi connectivity index (χ0v) is 14.6. The van der Waals surface area contributed by atoms with Crippen molar-refractivity contribution in [3.63, 3.8) is 0 Å². The molecule has 2 aromatic rings. The molecule has 1 saturated carbocycles. The topological polar surface area (TPSA) is 69.2 Å². The summed E-state index contributed by atoms with van der Waals surface area (Å²) in [5.74, 6) is 2.04. The summed E-state index contributed by atoms with van der Waals surface area (Å²) in [6.45, 7) is 3.58. The molecular formula is C19H23N5O. The Kier molecular flexibility index (Phi) is 4.51. The van der Waals surface area contributed by atoms with Crippen LogP contribution < -0.4 is 0 Å². The molecule has 0 spiro atoms. The van der Waals surface area contributed by atoms with E-state index in [1.807, 2.05) is 24.3 Å². The standard InChI is InChI=1S/C19H23N5O/c1-23(13-18-21-22-19(25-18)14-6-7-14)17-8-9-24(12-17)11-16-5-3-2-4-15(16)10-20/h2-5,14,17H,6-9,11-13H2,1H3/t17-/m1/s1. The molecule has 0 bridgehead atoms. The lowest BCUT2D eigenvalue weighted by atomic mass is 10.1. The number of nitrogens with zero attached hydrogens (tertiary/aromatic N) is 5. The van der Waals surface area contributed by atoms with Gasteiger partial charge in [-0.1, -0.05) is 18.2 Å². The maximum atomic E-state index is 9.24. The summed E-state index contributed by atoms with van der Waals surface area (Å²) >= 11 is 0. The fourth-order valence-electron chi connectivity index (χ4n) is 3.49. The van der Waals surface area contributed by atoms with Crippen molar-refractivity contribution in [2.24, 2.45) is 0 Å². The summed E-state index contributed by atoms with van der Waals surface area (Å²) in [6, 6.07) is 10.6. The average Bonchev–Trinajstić information content (AvgIpc) is 3.19. The fraction of sp³-hybridized carbons (Fsp3) is 0.526. The lowest BCUT2D eigenvalue weighted by molar-refractivity contribution is 0.204. The van der Waals surface area contributed by atoms with E-state index in [0.717, 1.165) is 49.0 Å². The number of hydrogen-bond acceptors (Lipinski definition) is 6. The van der Waals surface area contributed by atoms with E-state index in [2.05, 4.69) is 33.1 Å². The summed E-state index contributed by atoms with van der Waals surface area (Å²) in [5, 5.41) is 17.6. The monoisotopic (exact) mass is 337 g/mol. The highest BCUT2D eigenvalue weighted by molar-refractivity contribution is 5.37. The second-order valence-electron chi connectivity index (χ2n) is 7.17. The number of nitriles is 1. The van der Waals surface area contributed by atoms with Crippen LogP contribution in [0.4, 0.5) is 0 Å². The zero-order chi connectivity index (χ0) is 17.2. The van der Waals surface area contributed by atoms with Gasteiger partial charge in [-0.3, -0.25) is 9.80 Å². The van der Waals surface area contributed by atoms with Gasteiger partial charge in [0.25, 0.3) is 0 Å². The molecule has 2 aliphatic rings. The molecule has 1 atom stereocenters. The van der Waals surface area contributed by atoms with Crippen LogP contribution in [0.5, 0.6) is 0 Å². The minimum Gasteiger partial charge on any atom is -0.424 e. The van der Waals surface area contributed by atoms with Gasteiger partial charge in [-0.25, -0.2) is 0 Å². The SMILES string of the molecule is CN(Cc1nnc(C2CC2)o1)[C@@H]1CCN(Cc2ccccc2C#N)C1. The maximum absolute atomic E-state index is 9.24. The fourth-order valence-corrected chi connectivity index (χ4v) is 3.49. The van der Waals surface area contributed by atoms with Crippen LogP contribution in [0.3, 0.4) is 0 Å². The first-order chi connectivity index (χ1) is 12.2. The first-order valence-electron chi connectivity index (χ1n) is 8.96. The van der Waals surface area contributed by atoms with Crippen LogP contribution in [0.15, 0.2) is 28.7 Å². The first kappa shape index (κ1) is 16.2. The van der Waals surface area contributed by atoms with Gasteiger partial charge in [-0.2, -0.15) is 5.26 Å². The van der Waals surface area contributed by atoms with Crippen LogP contribution in [-0.2, 0) is 13.1 Å². The number of aromatic nitrogens is 2. The van der Waals surface area contributed by atoms with Gasteiger partial charge in [0.05, 0.1) is 18.2 Å². The highest BCUT2D eigenvalue weighted by Crippen LogP contribution is 2.39. The normalized spacial score (nSPS) is 20.9. The summed E-state index contributed by atoms with van der Waals surface area (Å²) in [5.41, 5.74) is 1.89. The van der Waals surface area contributed by atoms with E-state index >= 15 is 0 Å². The summed E-state index contributed by atoms with van der Waals surface area (Å²) in [6.07, 6.45) is 3.48. The Labute approximate surface area is 148 Å². The Balaban J connectivity index is 1.32. The first-order valence-corrected chi connectivity index (χ1v) is 8.96. The van der Waals surface area contributed by atoms with Crippen molar-refractivity contribution in [3.8, 4) is 6.07 Å². The van der Waals surface area contributed by atoms with Crippen molar-refractivity contribution in [3.05, 3.63) is 47.2 Å². The van der Waals surface area contributed by atoms with Crippen LogP contribution in [-0.4, -0.2) is 46.2 Å². The molecule has 1 aliphatic heterocycles. The molecule has 25 heavy (non-hydrogen) atoms. The molecule has 1 aromatic carbocycles. The smallest absolute Gasteiger partial charge is 0.230 e. The van der Waals surface area contributed by atoms with Gasteiger partial charge < -0.3 is 4.42 Å². The van der Waals surface area contributed by atoms with Crippen molar-refractivity contribution < 1.29 is 4.42 Å². The van der Waals surface area contributed by atoms with Crippen molar-refractivity contribution >= 4 is 0 Å². The van der Waals surface area contributed by atoms with Gasteiger partial charge in [-0.15, -0.1) is 10.2 Å². The minimum absolute atomic E-state index is 0.477. The van der Waals surface area contributed by atoms with Crippen LogP contribution in [0, 0.1) is 11.3 Å². The van der Waals surface area contributed by atoms with E-state index in [0.29, 0.717) is 18.5 Å². The maximum Gasteiger partial charge on any atom is 0.230 e. The van der Waals surface area contributed by atoms with Crippen molar-refractivity contribution in [1.82, 2.24) is 20.0 Å². The highest BCUT2D eigenvalue weighted by atomic mass is 16.4. The van der Waals surface area contributed by atoms with E-state index in [1.54, 1.807) is 0 Å². The van der Waals surface area contributed by atoms with Crippen molar-refractivity contribution in [2.75, 3.05) is 20.1 Å². The quantitative estimate of drug-likeness (QED) is 0.807. The van der Waals surface area contributed by atoms with Gasteiger partial charge in [0.15, 0.2) is 0 Å². The van der Waals surface area contributed by atoms with Crippen molar-refractivity contribution in [1.29, 1.82) is 5.26 Å². The van der Waals surface area contributed by atoms with E-state index < -0.39 is 0 Å². The summed E-state index contributed by atoms with van der Waals surface area (Å²) in [7, 11) is 2.12. The Bertz CT molecular complexity index is 776. The Morgan fingerprint density at radius 2 is 2.12 bits per heavy atom. The van der Waals surface area contributed by atoms with Crippen LogP contribution in [0.1, 0.15) is 48.1 Å². The second kappa shape index (κ2) is 6.95. The molecule has 130 valence electrons. The number of hydrogen-bond donors (Lipinski definition) is 0. The molecule has 0 N–H and O–H groups in total. The number of likely N-dealkylation sites (tertiary alicyclic amines) is 1. The molecular weight excluding hydrogens is 314 g/mol. The number of likely N-dealkylation sites (N-methyl/N-ethyl adjacent to an activating group) is 1. The third-order valence-corrected chi connectivity index (χ3v) is 5.20. The number of benzene rings is 1. The Morgan fingerprint density at radius 1 is 1.28 bits per heavy atom. The van der Waals surface area contributed by atoms with Gasteiger partial charge in [-0.05, 0) is 37.9 Å². The van der Waals surface area contributed by atoms with Crippen LogP contribution in [0.2, 0.25) is 0 Å². The molecule has 6 heteroatoms. The van der Waals surface area contributed by atoms with E-state index in [-0.39, 0.29) is 0 Å². The van der Waals surface area contributed by atoms with E-state index in [1.165, 1.54) is 12.8 Å². The van der Waals surface area contributed by atoms with Gasteiger partial charge in [0, 0.05) is 31.6 Å². The van der Waals surface area contributed by atoms with Crippen LogP contribution in [0.25, 0.3) is 0 Å². The lowest BCUT2D eigenvalue weighted by Gasteiger charge is -2.23. The van der Waals surface area contributed by atoms with E-state index in [9.17, 15) is 5.26 Å². The van der Waals surface area contributed by atoms with Crippen LogP contribution >= 0.6 is 0 Å². The molecule has 0 radical (unpaired) electrons. The number of rotatable bonds is 6. The van der Waals surface area contributed by atoms with Gasteiger partial charge in [0.2, 0.25) is 11.8 Å². The average molecular weight is 337 g/mol. The Morgan fingerprint density at radius 3 is 2.92 bits per heavy atom. The molecule has 1 aromatic heterocycles.